The normalized spacial score (nSPS) is 15.1. The van der Waals surface area contributed by atoms with Crippen molar-refractivity contribution in [2.75, 3.05) is 5.32 Å². The Labute approximate surface area is 237 Å². The van der Waals surface area contributed by atoms with Crippen molar-refractivity contribution >= 4 is 17.5 Å². The van der Waals surface area contributed by atoms with Crippen LogP contribution in [-0.2, 0) is 23.8 Å². The Bertz CT molecular complexity index is 1790. The number of aryl methyl sites for hydroxylation is 1. The molecule has 6 rings (SSSR count). The lowest BCUT2D eigenvalue weighted by molar-refractivity contribution is -0.137. The lowest BCUT2D eigenvalue weighted by Gasteiger charge is -2.12. The Balaban J connectivity index is 1.36. The maximum Gasteiger partial charge on any atom is 0.417 e. The van der Waals surface area contributed by atoms with Gasteiger partial charge >= 0.3 is 12.2 Å². The molecule has 0 saturated carbocycles. The number of anilines is 1. The summed E-state index contributed by atoms with van der Waals surface area (Å²) in [5, 5.41) is 10.9. The summed E-state index contributed by atoms with van der Waals surface area (Å²) in [6.45, 7) is 1.86. The van der Waals surface area contributed by atoms with Crippen LogP contribution in [0.5, 0.6) is 0 Å². The number of pyridine rings is 1. The van der Waals surface area contributed by atoms with Gasteiger partial charge in [-0.25, -0.2) is 15.0 Å². The van der Waals surface area contributed by atoms with Crippen molar-refractivity contribution < 1.29 is 22.4 Å². The standard InChI is InChI=1S/C30H22F3N7O2/c1-2-24-34-14-19(15-35-24)22-13-20(30(31,32)33)16-36-26(22)28-39-40-29(42-28)38-27-23(41)12-18-10-6-7-11-21(18)25(37-27)17-8-4-3-5-9-17/h3-11,13-16,27H,2,12H2,1H3,(H,38,40). The minimum atomic E-state index is -4.63. The molecule has 1 aliphatic heterocycles. The molecule has 3 aromatic heterocycles. The molecule has 1 atom stereocenters. The average Bonchev–Trinajstić information content (AvgIpc) is 3.42. The number of alkyl halides is 3. The monoisotopic (exact) mass is 569 g/mol. The first kappa shape index (κ1) is 26.9. The van der Waals surface area contributed by atoms with Crippen LogP contribution in [0.2, 0.25) is 0 Å². The van der Waals surface area contributed by atoms with E-state index in [-0.39, 0.29) is 35.4 Å². The number of hydrogen-bond acceptors (Lipinski definition) is 9. The molecule has 5 aromatic rings. The Hall–Kier alpha value is -5.26. The number of nitrogens with zero attached hydrogens (tertiary/aromatic N) is 6. The number of carbonyl (C=O) groups excluding carboxylic acids is 1. The summed E-state index contributed by atoms with van der Waals surface area (Å²) in [5.41, 5.74) is 2.52. The first-order chi connectivity index (χ1) is 20.3. The van der Waals surface area contributed by atoms with E-state index < -0.39 is 17.9 Å². The number of benzene rings is 2. The summed E-state index contributed by atoms with van der Waals surface area (Å²) in [5.74, 6) is 0.155. The number of carbonyl (C=O) groups is 1. The molecule has 0 spiro atoms. The fraction of sp³-hybridized carbons (Fsp3) is 0.167. The van der Waals surface area contributed by atoms with E-state index in [0.29, 0.717) is 29.7 Å². The summed E-state index contributed by atoms with van der Waals surface area (Å²) in [6, 6.07) is 17.8. The van der Waals surface area contributed by atoms with E-state index in [9.17, 15) is 18.0 Å². The van der Waals surface area contributed by atoms with E-state index in [1.807, 2.05) is 61.5 Å². The minimum absolute atomic E-state index is 0.00414. The molecule has 4 heterocycles. The number of nitrogens with one attached hydrogen (secondary N) is 1. The highest BCUT2D eigenvalue weighted by Crippen LogP contribution is 2.36. The van der Waals surface area contributed by atoms with Crippen LogP contribution in [0.4, 0.5) is 19.2 Å². The van der Waals surface area contributed by atoms with Crippen LogP contribution in [0.25, 0.3) is 22.7 Å². The number of aliphatic imine (C=N–C) groups is 1. The van der Waals surface area contributed by atoms with Gasteiger partial charge in [0.05, 0.1) is 11.3 Å². The second-order valence-corrected chi connectivity index (χ2v) is 9.46. The van der Waals surface area contributed by atoms with Gasteiger partial charge in [-0.3, -0.25) is 9.79 Å². The highest BCUT2D eigenvalue weighted by molar-refractivity contribution is 6.16. The molecular weight excluding hydrogens is 547 g/mol. The third kappa shape index (κ3) is 5.38. The lowest BCUT2D eigenvalue weighted by Crippen LogP contribution is -2.29. The minimum Gasteiger partial charge on any atom is -0.402 e. The van der Waals surface area contributed by atoms with Gasteiger partial charge in [0.1, 0.15) is 11.5 Å². The molecule has 0 saturated heterocycles. The molecule has 1 unspecified atom stereocenters. The SMILES string of the molecule is CCc1ncc(-c2cc(C(F)(F)F)cnc2-c2nnc(NC3N=C(c4ccccc4)c4ccccc4CC3=O)o2)cn1. The number of hydrogen-bond donors (Lipinski definition) is 1. The van der Waals surface area contributed by atoms with E-state index in [1.54, 1.807) is 0 Å². The maximum atomic E-state index is 13.5. The summed E-state index contributed by atoms with van der Waals surface area (Å²) < 4.78 is 46.4. The van der Waals surface area contributed by atoms with Gasteiger partial charge < -0.3 is 9.73 Å². The number of halogens is 3. The van der Waals surface area contributed by atoms with Gasteiger partial charge in [-0.15, -0.1) is 5.10 Å². The van der Waals surface area contributed by atoms with Crippen LogP contribution in [0.3, 0.4) is 0 Å². The van der Waals surface area contributed by atoms with Crippen molar-refractivity contribution in [2.45, 2.75) is 32.1 Å². The van der Waals surface area contributed by atoms with Gasteiger partial charge in [0.25, 0.3) is 5.89 Å². The van der Waals surface area contributed by atoms with Crippen LogP contribution in [0.1, 0.15) is 35.0 Å². The van der Waals surface area contributed by atoms with Crippen LogP contribution in [0.15, 0.2) is 88.7 Å². The van der Waals surface area contributed by atoms with Crippen molar-refractivity contribution in [3.05, 3.63) is 107 Å². The number of rotatable bonds is 6. The van der Waals surface area contributed by atoms with Crippen molar-refractivity contribution in [3.63, 3.8) is 0 Å². The van der Waals surface area contributed by atoms with Gasteiger partial charge in [0.2, 0.25) is 0 Å². The molecule has 1 N–H and O–H groups in total. The van der Waals surface area contributed by atoms with Gasteiger partial charge in [-0.2, -0.15) is 13.2 Å². The zero-order chi connectivity index (χ0) is 29.3. The molecule has 0 amide bonds. The van der Waals surface area contributed by atoms with Crippen molar-refractivity contribution in [2.24, 2.45) is 4.99 Å². The molecular formula is C30H22F3N7O2. The Morgan fingerprint density at radius 3 is 2.38 bits per heavy atom. The van der Waals surface area contributed by atoms with Crippen LogP contribution in [-0.4, -0.2) is 42.8 Å². The first-order valence-electron chi connectivity index (χ1n) is 13.0. The van der Waals surface area contributed by atoms with Crippen LogP contribution in [0, 0.1) is 0 Å². The molecule has 42 heavy (non-hydrogen) atoms. The third-order valence-electron chi connectivity index (χ3n) is 6.68. The fourth-order valence-corrected chi connectivity index (χ4v) is 4.58. The number of fused-ring (bicyclic) bond motifs is 1. The van der Waals surface area contributed by atoms with E-state index in [2.05, 4.69) is 30.5 Å². The van der Waals surface area contributed by atoms with Gasteiger partial charge in [0, 0.05) is 53.7 Å². The third-order valence-corrected chi connectivity index (χ3v) is 6.68. The van der Waals surface area contributed by atoms with Crippen LogP contribution >= 0.6 is 0 Å². The molecule has 2 aromatic carbocycles. The number of ketones is 1. The molecule has 0 aliphatic carbocycles. The molecule has 210 valence electrons. The maximum absolute atomic E-state index is 13.5. The molecule has 12 heteroatoms. The summed E-state index contributed by atoms with van der Waals surface area (Å²) in [4.78, 5) is 30.4. The Morgan fingerprint density at radius 2 is 1.64 bits per heavy atom. The molecule has 0 radical (unpaired) electrons. The molecule has 0 bridgehead atoms. The highest BCUT2D eigenvalue weighted by Gasteiger charge is 2.33. The zero-order valence-electron chi connectivity index (χ0n) is 22.1. The second kappa shape index (κ2) is 11.0. The second-order valence-electron chi connectivity index (χ2n) is 9.46. The smallest absolute Gasteiger partial charge is 0.402 e. The van der Waals surface area contributed by atoms with Gasteiger partial charge in [-0.05, 0) is 11.6 Å². The summed E-state index contributed by atoms with van der Waals surface area (Å²) in [6.07, 6.45) is -1.47. The molecule has 9 nitrogen and oxygen atoms in total. The first-order valence-corrected chi connectivity index (χ1v) is 13.0. The Kier molecular flexibility index (Phi) is 7.03. The highest BCUT2D eigenvalue weighted by atomic mass is 19.4. The zero-order valence-corrected chi connectivity index (χ0v) is 22.1. The quantitative estimate of drug-likeness (QED) is 0.282. The number of Topliss-reactive ketones (excluding diaryl/α,β-unsaturated/α-hetero) is 1. The number of aromatic nitrogens is 5. The van der Waals surface area contributed by atoms with Crippen molar-refractivity contribution in [1.82, 2.24) is 25.1 Å². The molecule has 0 fully saturated rings. The summed E-state index contributed by atoms with van der Waals surface area (Å²) in [7, 11) is 0. The average molecular weight is 570 g/mol. The van der Waals surface area contributed by atoms with E-state index in [4.69, 9.17) is 9.41 Å². The molecule has 1 aliphatic rings. The van der Waals surface area contributed by atoms with Gasteiger partial charge in [-0.1, -0.05) is 66.6 Å². The topological polar surface area (TPSA) is 119 Å². The summed E-state index contributed by atoms with van der Waals surface area (Å²) >= 11 is 0. The predicted octanol–water partition coefficient (Wildman–Crippen LogP) is 5.57. The fourth-order valence-electron chi connectivity index (χ4n) is 4.58. The van der Waals surface area contributed by atoms with E-state index in [1.165, 1.54) is 12.4 Å². The largest absolute Gasteiger partial charge is 0.417 e. The lowest BCUT2D eigenvalue weighted by atomic mass is 9.96. The predicted molar refractivity (Wildman–Crippen MR) is 148 cm³/mol. The van der Waals surface area contributed by atoms with Crippen molar-refractivity contribution in [3.8, 4) is 22.7 Å². The van der Waals surface area contributed by atoms with E-state index >= 15 is 0 Å². The van der Waals surface area contributed by atoms with E-state index in [0.717, 1.165) is 22.8 Å². The van der Waals surface area contributed by atoms with Crippen molar-refractivity contribution in [1.29, 1.82) is 0 Å². The Morgan fingerprint density at radius 1 is 0.905 bits per heavy atom. The van der Waals surface area contributed by atoms with Gasteiger partial charge in [0.15, 0.2) is 11.9 Å². The van der Waals surface area contributed by atoms with Crippen LogP contribution < -0.4 is 5.32 Å².